The summed E-state index contributed by atoms with van der Waals surface area (Å²) >= 11 is 0. The predicted molar refractivity (Wildman–Crippen MR) is 104 cm³/mol. The summed E-state index contributed by atoms with van der Waals surface area (Å²) in [6, 6.07) is 13.7. The minimum atomic E-state index is -3.92. The Hall–Kier alpha value is -3.40. The van der Waals surface area contributed by atoms with Crippen molar-refractivity contribution in [1.82, 2.24) is 5.32 Å². The Kier molecular flexibility index (Phi) is 7.32. The standard InChI is InChI=1S/C19H20N2O7S/c1-3-27-19(24)20-17(22)13-28-18(23)14-8-7-11-16(12-14)29(25,26)21(2)15-9-5-4-6-10-15/h4-12H,3,13H2,1-2H3,(H,20,22,24). The van der Waals surface area contributed by atoms with Gasteiger partial charge in [0.25, 0.3) is 15.9 Å². The molecule has 0 unspecified atom stereocenters. The Labute approximate surface area is 168 Å². The minimum absolute atomic E-state index is 0.0588. The van der Waals surface area contributed by atoms with E-state index in [1.807, 2.05) is 5.32 Å². The van der Waals surface area contributed by atoms with Gasteiger partial charge in [-0.2, -0.15) is 0 Å². The van der Waals surface area contributed by atoms with Gasteiger partial charge in [-0.15, -0.1) is 0 Å². The van der Waals surface area contributed by atoms with Gasteiger partial charge in [-0.25, -0.2) is 18.0 Å². The van der Waals surface area contributed by atoms with Crippen LogP contribution in [0.5, 0.6) is 0 Å². The molecule has 2 aromatic rings. The van der Waals surface area contributed by atoms with Gasteiger partial charge in [-0.1, -0.05) is 24.3 Å². The van der Waals surface area contributed by atoms with Crippen LogP contribution in [0.4, 0.5) is 10.5 Å². The third-order valence-corrected chi connectivity index (χ3v) is 5.48. The van der Waals surface area contributed by atoms with Gasteiger partial charge in [0.2, 0.25) is 0 Å². The first-order valence-electron chi connectivity index (χ1n) is 8.53. The highest BCUT2D eigenvalue weighted by Crippen LogP contribution is 2.22. The Balaban J connectivity index is 2.09. The highest BCUT2D eigenvalue weighted by molar-refractivity contribution is 7.92. The van der Waals surface area contributed by atoms with Crippen LogP contribution in [0.25, 0.3) is 0 Å². The molecular weight excluding hydrogens is 400 g/mol. The average Bonchev–Trinajstić information content (AvgIpc) is 2.72. The van der Waals surface area contributed by atoms with Gasteiger partial charge in [-0.3, -0.25) is 14.4 Å². The van der Waals surface area contributed by atoms with Crippen molar-refractivity contribution in [3.05, 3.63) is 60.2 Å². The summed E-state index contributed by atoms with van der Waals surface area (Å²) in [6.07, 6.45) is -0.953. The van der Waals surface area contributed by atoms with Crippen LogP contribution in [0.1, 0.15) is 17.3 Å². The molecule has 29 heavy (non-hydrogen) atoms. The number of rotatable bonds is 7. The first kappa shape index (κ1) is 21.9. The number of anilines is 1. The second kappa shape index (κ2) is 9.69. The molecule has 0 atom stereocenters. The molecule has 0 aliphatic carbocycles. The Morgan fingerprint density at radius 1 is 1.00 bits per heavy atom. The summed E-state index contributed by atoms with van der Waals surface area (Å²) in [5.74, 6) is -1.78. The number of sulfonamides is 1. The zero-order chi connectivity index (χ0) is 21.4. The smallest absolute Gasteiger partial charge is 0.413 e. The van der Waals surface area contributed by atoms with E-state index >= 15 is 0 Å². The van der Waals surface area contributed by atoms with Gasteiger partial charge in [0, 0.05) is 7.05 Å². The molecule has 0 saturated heterocycles. The molecule has 1 N–H and O–H groups in total. The molecule has 0 spiro atoms. The van der Waals surface area contributed by atoms with Crippen molar-refractivity contribution in [3.63, 3.8) is 0 Å². The van der Waals surface area contributed by atoms with E-state index in [-0.39, 0.29) is 17.1 Å². The maximum atomic E-state index is 12.8. The summed E-state index contributed by atoms with van der Waals surface area (Å²) < 4.78 is 36.1. The first-order chi connectivity index (χ1) is 13.8. The van der Waals surface area contributed by atoms with Crippen molar-refractivity contribution < 1.29 is 32.3 Å². The number of amides is 2. The fourth-order valence-electron chi connectivity index (χ4n) is 2.25. The number of carbonyl (C=O) groups is 3. The quantitative estimate of drug-likeness (QED) is 0.680. The number of alkyl carbamates (subject to hydrolysis) is 1. The SMILES string of the molecule is CCOC(=O)NC(=O)COC(=O)c1cccc(S(=O)(=O)N(C)c2ccccc2)c1. The molecule has 0 bridgehead atoms. The van der Waals surface area contributed by atoms with Crippen molar-refractivity contribution in [2.24, 2.45) is 0 Å². The molecular formula is C19H20N2O7S. The van der Waals surface area contributed by atoms with Crippen molar-refractivity contribution in [2.75, 3.05) is 24.6 Å². The number of hydrogen-bond acceptors (Lipinski definition) is 7. The van der Waals surface area contributed by atoms with E-state index in [0.29, 0.717) is 5.69 Å². The van der Waals surface area contributed by atoms with Gasteiger partial charge in [0.1, 0.15) is 0 Å². The van der Waals surface area contributed by atoms with E-state index in [2.05, 4.69) is 4.74 Å². The highest BCUT2D eigenvalue weighted by atomic mass is 32.2. The molecule has 9 nitrogen and oxygen atoms in total. The zero-order valence-corrected chi connectivity index (χ0v) is 16.6. The van der Waals surface area contributed by atoms with E-state index in [4.69, 9.17) is 4.74 Å². The first-order valence-corrected chi connectivity index (χ1v) is 9.97. The molecule has 10 heteroatoms. The largest absolute Gasteiger partial charge is 0.452 e. The fraction of sp³-hybridized carbons (Fsp3) is 0.211. The van der Waals surface area contributed by atoms with Gasteiger partial charge in [0.05, 0.1) is 22.8 Å². The maximum Gasteiger partial charge on any atom is 0.413 e. The molecule has 0 fully saturated rings. The Morgan fingerprint density at radius 3 is 2.34 bits per heavy atom. The lowest BCUT2D eigenvalue weighted by molar-refractivity contribution is -0.123. The molecule has 0 saturated carbocycles. The van der Waals surface area contributed by atoms with Crippen molar-refractivity contribution in [1.29, 1.82) is 0 Å². The van der Waals surface area contributed by atoms with Gasteiger partial charge >= 0.3 is 12.1 Å². The van der Waals surface area contributed by atoms with Crippen LogP contribution >= 0.6 is 0 Å². The molecule has 0 radical (unpaired) electrons. The van der Waals surface area contributed by atoms with Crippen LogP contribution in [0.15, 0.2) is 59.5 Å². The van der Waals surface area contributed by atoms with Gasteiger partial charge < -0.3 is 9.47 Å². The van der Waals surface area contributed by atoms with E-state index in [1.54, 1.807) is 37.3 Å². The van der Waals surface area contributed by atoms with E-state index in [0.717, 1.165) is 10.4 Å². The normalized spacial score (nSPS) is 10.7. The highest BCUT2D eigenvalue weighted by Gasteiger charge is 2.23. The zero-order valence-electron chi connectivity index (χ0n) is 15.8. The maximum absolute atomic E-state index is 12.8. The van der Waals surface area contributed by atoms with E-state index < -0.39 is 34.6 Å². The second-order valence-corrected chi connectivity index (χ2v) is 7.65. The second-order valence-electron chi connectivity index (χ2n) is 5.68. The summed E-state index contributed by atoms with van der Waals surface area (Å²) in [5.41, 5.74) is 0.396. The number of esters is 1. The van der Waals surface area contributed by atoms with E-state index in [9.17, 15) is 22.8 Å². The van der Waals surface area contributed by atoms with Crippen LogP contribution < -0.4 is 9.62 Å². The third-order valence-electron chi connectivity index (χ3n) is 3.70. The van der Waals surface area contributed by atoms with Crippen LogP contribution in [0.2, 0.25) is 0 Å². The topological polar surface area (TPSA) is 119 Å². The number of hydrogen-bond donors (Lipinski definition) is 1. The molecule has 154 valence electrons. The molecule has 0 aliphatic heterocycles. The predicted octanol–water partition coefficient (Wildman–Crippen LogP) is 1.94. The summed E-state index contributed by atoms with van der Waals surface area (Å²) in [7, 11) is -2.52. The summed E-state index contributed by atoms with van der Waals surface area (Å²) in [5, 5.41) is 1.88. The number of nitrogens with zero attached hydrogens (tertiary/aromatic N) is 1. The van der Waals surface area contributed by atoms with Gasteiger partial charge in [0.15, 0.2) is 6.61 Å². The molecule has 0 aromatic heterocycles. The molecule has 2 aromatic carbocycles. The van der Waals surface area contributed by atoms with Crippen molar-refractivity contribution in [3.8, 4) is 0 Å². The lowest BCUT2D eigenvalue weighted by Gasteiger charge is -2.19. The van der Waals surface area contributed by atoms with Crippen LogP contribution in [0, 0.1) is 0 Å². The molecule has 0 heterocycles. The Morgan fingerprint density at radius 2 is 1.69 bits per heavy atom. The van der Waals surface area contributed by atoms with E-state index in [1.165, 1.54) is 25.2 Å². The number of imide groups is 1. The number of nitrogens with one attached hydrogen (secondary N) is 1. The lowest BCUT2D eigenvalue weighted by atomic mass is 10.2. The summed E-state index contributed by atoms with van der Waals surface area (Å²) in [6.45, 7) is 0.927. The number of carbonyl (C=O) groups excluding carboxylic acids is 3. The van der Waals surface area contributed by atoms with Gasteiger partial charge in [-0.05, 0) is 37.3 Å². The minimum Gasteiger partial charge on any atom is -0.452 e. The third kappa shape index (κ3) is 5.79. The van der Waals surface area contributed by atoms with Crippen molar-refractivity contribution >= 4 is 33.7 Å². The Bertz CT molecular complexity index is 991. The number of para-hydroxylation sites is 1. The van der Waals surface area contributed by atoms with Crippen molar-refractivity contribution in [2.45, 2.75) is 11.8 Å². The average molecular weight is 420 g/mol. The monoisotopic (exact) mass is 420 g/mol. The lowest BCUT2D eigenvalue weighted by Crippen LogP contribution is -2.34. The molecule has 2 rings (SSSR count). The van der Waals surface area contributed by atoms with Crippen LogP contribution in [-0.2, 0) is 24.3 Å². The summed E-state index contributed by atoms with van der Waals surface area (Å²) in [4.78, 5) is 34.7. The number of benzene rings is 2. The molecule has 2 amide bonds. The van der Waals surface area contributed by atoms with Crippen LogP contribution in [0.3, 0.4) is 0 Å². The number of ether oxygens (including phenoxy) is 2. The molecule has 0 aliphatic rings. The van der Waals surface area contributed by atoms with Crippen LogP contribution in [-0.4, -0.2) is 46.6 Å². The fourth-order valence-corrected chi connectivity index (χ4v) is 3.49.